The van der Waals surface area contributed by atoms with Gasteiger partial charge < -0.3 is 15.8 Å². The Kier molecular flexibility index (Phi) is 4.45. The Balaban J connectivity index is 1.73. The lowest BCUT2D eigenvalue weighted by atomic mass is 9.78. The third-order valence-electron chi connectivity index (χ3n) is 5.08. The van der Waals surface area contributed by atoms with Gasteiger partial charge in [0.05, 0.1) is 5.41 Å². The van der Waals surface area contributed by atoms with Crippen molar-refractivity contribution < 1.29 is 13.9 Å². The van der Waals surface area contributed by atoms with Crippen molar-refractivity contribution >= 4 is 5.91 Å². The van der Waals surface area contributed by atoms with Crippen LogP contribution in [0.4, 0.5) is 4.39 Å². The molecule has 1 aliphatic carbocycles. The molecule has 1 fully saturated rings. The van der Waals surface area contributed by atoms with Crippen LogP contribution in [0.5, 0.6) is 0 Å². The highest BCUT2D eigenvalue weighted by atomic mass is 19.1. The van der Waals surface area contributed by atoms with Gasteiger partial charge in [-0.25, -0.2) is 4.39 Å². The SMILES string of the molecule is NC(=O)C1(CN[C@H]2CCCc3cc(F)ccc32)CCOCC1. The Morgan fingerprint density at radius 2 is 2.18 bits per heavy atom. The van der Waals surface area contributed by atoms with Crippen molar-refractivity contribution in [2.45, 2.75) is 38.1 Å². The van der Waals surface area contributed by atoms with E-state index in [1.54, 1.807) is 6.07 Å². The largest absolute Gasteiger partial charge is 0.381 e. The van der Waals surface area contributed by atoms with E-state index in [1.165, 1.54) is 6.07 Å². The maximum atomic E-state index is 13.4. The van der Waals surface area contributed by atoms with Gasteiger partial charge in [-0.05, 0) is 55.4 Å². The Morgan fingerprint density at radius 3 is 2.91 bits per heavy atom. The molecule has 0 aromatic heterocycles. The number of ether oxygens (including phenoxy) is 1. The highest BCUT2D eigenvalue weighted by Crippen LogP contribution is 2.34. The second-order valence-electron chi connectivity index (χ2n) is 6.43. The molecule has 1 aliphatic heterocycles. The summed E-state index contributed by atoms with van der Waals surface area (Å²) in [6, 6.07) is 5.17. The first-order valence-electron chi connectivity index (χ1n) is 8.00. The predicted octanol–water partition coefficient (Wildman–Crippen LogP) is 2.07. The minimum absolute atomic E-state index is 0.170. The van der Waals surface area contributed by atoms with Crippen LogP contribution in [0.1, 0.15) is 42.9 Å². The summed E-state index contributed by atoms with van der Waals surface area (Å²) in [7, 11) is 0. The normalized spacial score (nSPS) is 23.8. The molecule has 0 saturated carbocycles. The number of fused-ring (bicyclic) bond motifs is 1. The second-order valence-corrected chi connectivity index (χ2v) is 6.43. The molecule has 120 valence electrons. The first kappa shape index (κ1) is 15.4. The van der Waals surface area contributed by atoms with E-state index in [0.717, 1.165) is 30.4 Å². The lowest BCUT2D eigenvalue weighted by Gasteiger charge is -2.36. The first-order valence-corrected chi connectivity index (χ1v) is 8.00. The van der Waals surface area contributed by atoms with E-state index in [4.69, 9.17) is 10.5 Å². The molecule has 3 N–H and O–H groups in total. The second kappa shape index (κ2) is 6.34. The molecule has 4 nitrogen and oxygen atoms in total. The number of hydrogen-bond acceptors (Lipinski definition) is 3. The van der Waals surface area contributed by atoms with Crippen LogP contribution in [-0.4, -0.2) is 25.7 Å². The molecule has 0 radical (unpaired) electrons. The van der Waals surface area contributed by atoms with Crippen LogP contribution in [0, 0.1) is 11.2 Å². The molecule has 22 heavy (non-hydrogen) atoms. The van der Waals surface area contributed by atoms with Crippen LogP contribution in [0.2, 0.25) is 0 Å². The lowest BCUT2D eigenvalue weighted by molar-refractivity contribution is -0.133. The van der Waals surface area contributed by atoms with Gasteiger partial charge in [-0.1, -0.05) is 6.07 Å². The molecule has 5 heteroatoms. The number of nitrogens with one attached hydrogen (secondary N) is 1. The third-order valence-corrected chi connectivity index (χ3v) is 5.08. The van der Waals surface area contributed by atoms with Crippen LogP contribution in [0.3, 0.4) is 0 Å². The van der Waals surface area contributed by atoms with E-state index in [0.29, 0.717) is 32.6 Å². The Morgan fingerprint density at radius 1 is 1.41 bits per heavy atom. The maximum Gasteiger partial charge on any atom is 0.225 e. The molecule has 0 unspecified atom stereocenters. The van der Waals surface area contributed by atoms with Crippen molar-refractivity contribution in [2.24, 2.45) is 11.1 Å². The zero-order valence-corrected chi connectivity index (χ0v) is 12.7. The summed E-state index contributed by atoms with van der Waals surface area (Å²) in [6.45, 7) is 1.72. The third kappa shape index (κ3) is 3.01. The number of hydrogen-bond donors (Lipinski definition) is 2. The van der Waals surface area contributed by atoms with Crippen molar-refractivity contribution in [1.82, 2.24) is 5.32 Å². The molecule has 0 bridgehead atoms. The number of carbonyl (C=O) groups excluding carboxylic acids is 1. The Labute approximate surface area is 130 Å². The van der Waals surface area contributed by atoms with Crippen LogP contribution < -0.4 is 11.1 Å². The smallest absolute Gasteiger partial charge is 0.225 e. The molecule has 1 saturated heterocycles. The van der Waals surface area contributed by atoms with Crippen molar-refractivity contribution in [3.05, 3.63) is 35.1 Å². The number of rotatable bonds is 4. The van der Waals surface area contributed by atoms with E-state index in [2.05, 4.69) is 5.32 Å². The van der Waals surface area contributed by atoms with E-state index >= 15 is 0 Å². The summed E-state index contributed by atoms with van der Waals surface area (Å²) < 4.78 is 18.7. The molecule has 1 amide bonds. The lowest BCUT2D eigenvalue weighted by Crippen LogP contribution is -2.49. The molecule has 3 rings (SSSR count). The van der Waals surface area contributed by atoms with Gasteiger partial charge in [0.25, 0.3) is 0 Å². The number of carbonyl (C=O) groups is 1. The quantitative estimate of drug-likeness (QED) is 0.895. The van der Waals surface area contributed by atoms with Crippen LogP contribution in [0.25, 0.3) is 0 Å². The first-order chi connectivity index (χ1) is 10.6. The number of halogens is 1. The van der Waals surface area contributed by atoms with Gasteiger partial charge in [0.1, 0.15) is 5.82 Å². The molecular weight excluding hydrogens is 283 g/mol. The predicted molar refractivity (Wildman–Crippen MR) is 81.8 cm³/mol. The van der Waals surface area contributed by atoms with E-state index < -0.39 is 5.41 Å². The fourth-order valence-electron chi connectivity index (χ4n) is 3.59. The summed E-state index contributed by atoms with van der Waals surface area (Å²) >= 11 is 0. The summed E-state index contributed by atoms with van der Waals surface area (Å²) in [5.74, 6) is -0.434. The standard InChI is InChI=1S/C17H23FN2O2/c18-13-4-5-14-12(10-13)2-1-3-15(14)20-11-17(16(19)21)6-8-22-9-7-17/h4-5,10,15,20H,1-3,6-9,11H2,(H2,19,21)/t15-/m0/s1. The summed E-state index contributed by atoms with van der Waals surface area (Å²) in [5, 5.41) is 3.51. The minimum atomic E-state index is -0.518. The van der Waals surface area contributed by atoms with Gasteiger partial charge in [-0.15, -0.1) is 0 Å². The molecule has 1 heterocycles. The molecule has 1 aromatic carbocycles. The van der Waals surface area contributed by atoms with Gasteiger partial charge >= 0.3 is 0 Å². The van der Waals surface area contributed by atoms with Crippen molar-refractivity contribution in [2.75, 3.05) is 19.8 Å². The monoisotopic (exact) mass is 306 g/mol. The number of nitrogens with two attached hydrogens (primary N) is 1. The molecular formula is C17H23FN2O2. The van der Waals surface area contributed by atoms with Crippen LogP contribution >= 0.6 is 0 Å². The summed E-state index contributed by atoms with van der Waals surface area (Å²) in [6.07, 6.45) is 4.28. The van der Waals surface area contributed by atoms with Gasteiger partial charge in [0, 0.05) is 25.8 Å². The number of benzene rings is 1. The maximum absolute atomic E-state index is 13.4. The fourth-order valence-corrected chi connectivity index (χ4v) is 3.59. The molecule has 1 atom stereocenters. The van der Waals surface area contributed by atoms with Gasteiger partial charge in [-0.2, -0.15) is 0 Å². The number of amides is 1. The van der Waals surface area contributed by atoms with Crippen molar-refractivity contribution in [1.29, 1.82) is 0 Å². The van der Waals surface area contributed by atoms with E-state index in [-0.39, 0.29) is 17.8 Å². The van der Waals surface area contributed by atoms with E-state index in [9.17, 15) is 9.18 Å². The number of primary amides is 1. The number of aryl methyl sites for hydroxylation is 1. The Bertz CT molecular complexity index is 556. The topological polar surface area (TPSA) is 64.4 Å². The van der Waals surface area contributed by atoms with Gasteiger partial charge in [0.2, 0.25) is 5.91 Å². The van der Waals surface area contributed by atoms with Crippen molar-refractivity contribution in [3.63, 3.8) is 0 Å². The van der Waals surface area contributed by atoms with Crippen molar-refractivity contribution in [3.8, 4) is 0 Å². The Hall–Kier alpha value is -1.46. The van der Waals surface area contributed by atoms with Gasteiger partial charge in [-0.3, -0.25) is 4.79 Å². The molecule has 2 aliphatic rings. The highest BCUT2D eigenvalue weighted by molar-refractivity contribution is 5.81. The van der Waals surface area contributed by atoms with Crippen LogP contribution in [0.15, 0.2) is 18.2 Å². The van der Waals surface area contributed by atoms with Gasteiger partial charge in [0.15, 0.2) is 0 Å². The fraction of sp³-hybridized carbons (Fsp3) is 0.588. The van der Waals surface area contributed by atoms with E-state index in [1.807, 2.05) is 6.07 Å². The average Bonchev–Trinajstić information content (AvgIpc) is 2.53. The van der Waals surface area contributed by atoms with Crippen LogP contribution in [-0.2, 0) is 16.0 Å². The molecule has 1 aromatic rings. The zero-order chi connectivity index (χ0) is 15.6. The highest BCUT2D eigenvalue weighted by Gasteiger charge is 2.39. The average molecular weight is 306 g/mol. The minimum Gasteiger partial charge on any atom is -0.381 e. The summed E-state index contributed by atoms with van der Waals surface area (Å²) in [4.78, 5) is 11.9. The zero-order valence-electron chi connectivity index (χ0n) is 12.7. The molecule has 0 spiro atoms. The summed E-state index contributed by atoms with van der Waals surface area (Å²) in [5.41, 5.74) is 7.36.